The van der Waals surface area contributed by atoms with Crippen LogP contribution >= 0.6 is 11.3 Å². The Morgan fingerprint density at radius 1 is 1.14 bits per heavy atom. The lowest BCUT2D eigenvalue weighted by atomic mass is 10.1. The van der Waals surface area contributed by atoms with E-state index in [9.17, 15) is 4.79 Å². The van der Waals surface area contributed by atoms with Gasteiger partial charge in [0.25, 0.3) is 5.91 Å². The first kappa shape index (κ1) is 15.4. The second-order valence-corrected chi connectivity index (χ2v) is 5.72. The number of aromatic nitrogens is 2. The summed E-state index contributed by atoms with van der Waals surface area (Å²) < 4.78 is 0. The lowest BCUT2D eigenvalue weighted by Gasteiger charge is -2.04. The van der Waals surface area contributed by atoms with E-state index in [0.717, 1.165) is 31.5 Å². The molecule has 0 aliphatic heterocycles. The second-order valence-electron chi connectivity index (χ2n) is 4.74. The highest BCUT2D eigenvalue weighted by Crippen LogP contribution is 2.17. The molecule has 2 aromatic rings. The average molecular weight is 304 g/mol. The van der Waals surface area contributed by atoms with Gasteiger partial charge in [-0.1, -0.05) is 43.7 Å². The molecule has 2 rings (SSSR count). The van der Waals surface area contributed by atoms with Crippen molar-refractivity contribution < 1.29 is 4.79 Å². The monoisotopic (exact) mass is 304 g/mol. The number of benzene rings is 1. The van der Waals surface area contributed by atoms with Crippen LogP contribution < -0.4 is 10.6 Å². The summed E-state index contributed by atoms with van der Waals surface area (Å²) in [5.41, 5.74) is 2.05. The number of hydrogen-bond acceptors (Lipinski definition) is 5. The number of anilines is 2. The number of amides is 1. The van der Waals surface area contributed by atoms with Crippen LogP contribution in [-0.2, 0) is 6.42 Å². The van der Waals surface area contributed by atoms with Crippen molar-refractivity contribution in [3.05, 3.63) is 34.8 Å². The molecule has 1 aromatic heterocycles. The van der Waals surface area contributed by atoms with Crippen LogP contribution in [0.5, 0.6) is 0 Å². The van der Waals surface area contributed by atoms with Crippen LogP contribution in [0, 0.1) is 0 Å². The van der Waals surface area contributed by atoms with Crippen molar-refractivity contribution in [3.8, 4) is 0 Å². The van der Waals surface area contributed by atoms with E-state index < -0.39 is 0 Å². The summed E-state index contributed by atoms with van der Waals surface area (Å²) in [5, 5.41) is 14.9. The van der Waals surface area contributed by atoms with Gasteiger partial charge in [-0.2, -0.15) is 0 Å². The van der Waals surface area contributed by atoms with E-state index in [4.69, 9.17) is 0 Å². The number of nitrogens with one attached hydrogen (secondary N) is 2. The maximum Gasteiger partial charge on any atom is 0.286 e. The van der Waals surface area contributed by atoms with Gasteiger partial charge in [0.15, 0.2) is 0 Å². The quantitative estimate of drug-likeness (QED) is 0.820. The van der Waals surface area contributed by atoms with Crippen molar-refractivity contribution in [1.82, 2.24) is 10.2 Å². The first-order chi connectivity index (χ1) is 10.2. The van der Waals surface area contributed by atoms with Crippen molar-refractivity contribution in [3.63, 3.8) is 0 Å². The predicted octanol–water partition coefficient (Wildman–Crippen LogP) is 3.56. The summed E-state index contributed by atoms with van der Waals surface area (Å²) in [6, 6.07) is 7.90. The Labute approximate surface area is 128 Å². The van der Waals surface area contributed by atoms with E-state index >= 15 is 0 Å². The third kappa shape index (κ3) is 4.53. The molecule has 6 heteroatoms. The van der Waals surface area contributed by atoms with Gasteiger partial charge in [0, 0.05) is 12.2 Å². The van der Waals surface area contributed by atoms with Crippen LogP contribution in [-0.4, -0.2) is 22.6 Å². The normalized spacial score (nSPS) is 10.4. The van der Waals surface area contributed by atoms with Crippen molar-refractivity contribution in [1.29, 1.82) is 0 Å². The molecule has 5 nitrogen and oxygen atoms in total. The third-order valence-corrected chi connectivity index (χ3v) is 3.78. The van der Waals surface area contributed by atoms with E-state index in [-0.39, 0.29) is 5.91 Å². The molecule has 2 N–H and O–H groups in total. The van der Waals surface area contributed by atoms with E-state index in [2.05, 4.69) is 34.7 Å². The number of carbonyl (C=O) groups is 1. The minimum absolute atomic E-state index is 0.222. The lowest BCUT2D eigenvalue weighted by molar-refractivity contribution is 0.102. The van der Waals surface area contributed by atoms with Gasteiger partial charge in [0.05, 0.1) is 0 Å². The first-order valence-corrected chi connectivity index (χ1v) is 8.02. The summed E-state index contributed by atoms with van der Waals surface area (Å²) in [6.45, 7) is 5.05. The standard InChI is InChI=1S/C15H20N4OS/c1-3-5-11-6-8-12(9-7-11)17-13(20)14-18-19-15(21-14)16-10-4-2/h6-9H,3-5,10H2,1-2H3,(H,16,19)(H,17,20). The van der Waals surface area contributed by atoms with Gasteiger partial charge in [-0.25, -0.2) is 0 Å². The van der Waals surface area contributed by atoms with Crippen molar-refractivity contribution in [2.45, 2.75) is 33.1 Å². The van der Waals surface area contributed by atoms with Gasteiger partial charge in [-0.05, 0) is 30.5 Å². The maximum absolute atomic E-state index is 12.1. The van der Waals surface area contributed by atoms with Gasteiger partial charge in [-0.15, -0.1) is 10.2 Å². The van der Waals surface area contributed by atoms with Gasteiger partial charge in [-0.3, -0.25) is 4.79 Å². The molecule has 0 aliphatic carbocycles. The van der Waals surface area contributed by atoms with E-state index in [1.165, 1.54) is 16.9 Å². The Hall–Kier alpha value is -1.95. The minimum Gasteiger partial charge on any atom is -0.360 e. The fraction of sp³-hybridized carbons (Fsp3) is 0.400. The molecule has 0 saturated heterocycles. The third-order valence-electron chi connectivity index (χ3n) is 2.90. The summed E-state index contributed by atoms with van der Waals surface area (Å²) in [6.07, 6.45) is 3.17. The molecule has 21 heavy (non-hydrogen) atoms. The SMILES string of the molecule is CCCNc1nnc(C(=O)Nc2ccc(CCC)cc2)s1. The first-order valence-electron chi connectivity index (χ1n) is 7.20. The van der Waals surface area contributed by atoms with Crippen molar-refractivity contribution >= 4 is 28.1 Å². The Balaban J connectivity index is 1.95. The van der Waals surface area contributed by atoms with Gasteiger partial charge >= 0.3 is 0 Å². The summed E-state index contributed by atoms with van der Waals surface area (Å²) in [4.78, 5) is 12.1. The fourth-order valence-corrected chi connectivity index (χ4v) is 2.51. The molecule has 1 amide bonds. The number of carbonyl (C=O) groups excluding carboxylic acids is 1. The van der Waals surface area contributed by atoms with E-state index in [1.54, 1.807) is 0 Å². The molecule has 0 saturated carbocycles. The summed E-state index contributed by atoms with van der Waals surface area (Å²) >= 11 is 1.27. The predicted molar refractivity (Wildman–Crippen MR) is 87.1 cm³/mol. The van der Waals surface area contributed by atoms with E-state index in [0.29, 0.717) is 10.1 Å². The van der Waals surface area contributed by atoms with Crippen LogP contribution in [0.2, 0.25) is 0 Å². The molecular weight excluding hydrogens is 284 g/mol. The van der Waals surface area contributed by atoms with Crippen LogP contribution in [0.1, 0.15) is 42.1 Å². The van der Waals surface area contributed by atoms with Gasteiger partial charge in [0.2, 0.25) is 10.1 Å². The smallest absolute Gasteiger partial charge is 0.286 e. The molecule has 0 spiro atoms. The Kier molecular flexibility index (Phi) is 5.68. The Bertz CT molecular complexity index is 580. The van der Waals surface area contributed by atoms with Crippen LogP contribution in [0.25, 0.3) is 0 Å². The molecule has 1 aromatic carbocycles. The van der Waals surface area contributed by atoms with Gasteiger partial charge < -0.3 is 10.6 Å². The molecular formula is C15H20N4OS. The highest BCUT2D eigenvalue weighted by Gasteiger charge is 2.12. The summed E-state index contributed by atoms with van der Waals surface area (Å²) in [7, 11) is 0. The highest BCUT2D eigenvalue weighted by molar-refractivity contribution is 7.17. The highest BCUT2D eigenvalue weighted by atomic mass is 32.1. The second kappa shape index (κ2) is 7.73. The zero-order chi connectivity index (χ0) is 15.1. The molecule has 0 radical (unpaired) electrons. The van der Waals surface area contributed by atoms with Crippen LogP contribution in [0.3, 0.4) is 0 Å². The lowest BCUT2D eigenvalue weighted by Crippen LogP contribution is -2.11. The Morgan fingerprint density at radius 3 is 2.57 bits per heavy atom. The number of rotatable bonds is 7. The molecule has 0 unspecified atom stereocenters. The number of nitrogens with zero attached hydrogens (tertiary/aromatic N) is 2. The van der Waals surface area contributed by atoms with Crippen molar-refractivity contribution in [2.75, 3.05) is 17.2 Å². The van der Waals surface area contributed by atoms with Crippen LogP contribution in [0.4, 0.5) is 10.8 Å². The maximum atomic E-state index is 12.1. The molecule has 0 atom stereocenters. The topological polar surface area (TPSA) is 66.9 Å². The number of hydrogen-bond donors (Lipinski definition) is 2. The summed E-state index contributed by atoms with van der Waals surface area (Å²) in [5.74, 6) is -0.222. The molecule has 112 valence electrons. The number of aryl methyl sites for hydroxylation is 1. The molecule has 0 fully saturated rings. The van der Waals surface area contributed by atoms with Crippen molar-refractivity contribution in [2.24, 2.45) is 0 Å². The zero-order valence-corrected chi connectivity index (χ0v) is 13.2. The largest absolute Gasteiger partial charge is 0.360 e. The molecule has 1 heterocycles. The minimum atomic E-state index is -0.222. The van der Waals surface area contributed by atoms with E-state index in [1.807, 2.05) is 24.3 Å². The molecule has 0 aliphatic rings. The van der Waals surface area contributed by atoms with Gasteiger partial charge in [0.1, 0.15) is 0 Å². The zero-order valence-electron chi connectivity index (χ0n) is 12.3. The Morgan fingerprint density at radius 2 is 1.90 bits per heavy atom. The fourth-order valence-electron chi connectivity index (χ4n) is 1.85. The van der Waals surface area contributed by atoms with Crippen LogP contribution in [0.15, 0.2) is 24.3 Å². The average Bonchev–Trinajstić information content (AvgIpc) is 2.96. The molecule has 0 bridgehead atoms.